The van der Waals surface area contributed by atoms with E-state index in [4.69, 9.17) is 14.2 Å². The molecule has 0 atom stereocenters. The van der Waals surface area contributed by atoms with E-state index in [9.17, 15) is 9.59 Å². The monoisotopic (exact) mass is 405 g/mol. The summed E-state index contributed by atoms with van der Waals surface area (Å²) in [5.41, 5.74) is 2.25. The Balaban J connectivity index is 1.55. The van der Waals surface area contributed by atoms with E-state index in [0.29, 0.717) is 28.5 Å². The van der Waals surface area contributed by atoms with Crippen LogP contribution in [0.25, 0.3) is 0 Å². The van der Waals surface area contributed by atoms with E-state index in [-0.39, 0.29) is 18.3 Å². The molecule has 0 saturated carbocycles. The lowest BCUT2D eigenvalue weighted by atomic mass is 10.1. The first-order chi connectivity index (χ1) is 14.4. The molecule has 0 fully saturated rings. The molecule has 6 heteroatoms. The molecule has 0 aliphatic rings. The molecule has 0 spiro atoms. The van der Waals surface area contributed by atoms with Crippen LogP contribution in [-0.4, -0.2) is 25.4 Å². The number of amides is 1. The van der Waals surface area contributed by atoms with Crippen LogP contribution in [0.4, 0.5) is 5.69 Å². The predicted octanol–water partition coefficient (Wildman–Crippen LogP) is 5.02. The molecule has 0 aliphatic carbocycles. The Morgan fingerprint density at radius 1 is 0.900 bits per heavy atom. The van der Waals surface area contributed by atoms with Gasteiger partial charge in [0.2, 0.25) is 0 Å². The molecule has 0 radical (unpaired) electrons. The Hall–Kier alpha value is -3.80. The van der Waals surface area contributed by atoms with Crippen molar-refractivity contribution in [2.75, 3.05) is 19.0 Å². The van der Waals surface area contributed by atoms with Gasteiger partial charge in [-0.1, -0.05) is 12.1 Å². The van der Waals surface area contributed by atoms with Crippen LogP contribution in [0.5, 0.6) is 23.0 Å². The lowest BCUT2D eigenvalue weighted by Gasteiger charge is -2.12. The van der Waals surface area contributed by atoms with Crippen molar-refractivity contribution in [3.05, 3.63) is 77.9 Å². The minimum atomic E-state index is -0.319. The SMILES string of the molecule is COc1cc(C(C)=O)ccc1OCC(=O)Nc1ccc(Oc2cccc(C)c2)cc1. The lowest BCUT2D eigenvalue weighted by Crippen LogP contribution is -2.20. The van der Waals surface area contributed by atoms with Gasteiger partial charge in [-0.25, -0.2) is 0 Å². The van der Waals surface area contributed by atoms with Gasteiger partial charge in [-0.2, -0.15) is 0 Å². The van der Waals surface area contributed by atoms with Crippen molar-refractivity contribution in [3.63, 3.8) is 0 Å². The van der Waals surface area contributed by atoms with Gasteiger partial charge in [0.15, 0.2) is 23.9 Å². The smallest absolute Gasteiger partial charge is 0.262 e. The molecule has 3 aromatic carbocycles. The van der Waals surface area contributed by atoms with Crippen LogP contribution in [0.15, 0.2) is 66.7 Å². The number of carbonyl (C=O) groups is 2. The van der Waals surface area contributed by atoms with E-state index in [0.717, 1.165) is 11.3 Å². The van der Waals surface area contributed by atoms with Crippen molar-refractivity contribution >= 4 is 17.4 Å². The number of ketones is 1. The van der Waals surface area contributed by atoms with Crippen LogP contribution in [-0.2, 0) is 4.79 Å². The number of aryl methyl sites for hydroxylation is 1. The molecule has 3 aromatic rings. The number of methoxy groups -OCH3 is 1. The van der Waals surface area contributed by atoms with Gasteiger partial charge in [-0.05, 0) is 74.0 Å². The van der Waals surface area contributed by atoms with Gasteiger partial charge >= 0.3 is 0 Å². The highest BCUT2D eigenvalue weighted by molar-refractivity contribution is 5.95. The van der Waals surface area contributed by atoms with Gasteiger partial charge in [0, 0.05) is 11.3 Å². The molecule has 1 N–H and O–H groups in total. The Labute approximate surface area is 175 Å². The van der Waals surface area contributed by atoms with Crippen LogP contribution in [0.3, 0.4) is 0 Å². The van der Waals surface area contributed by atoms with Crippen molar-refractivity contribution in [1.29, 1.82) is 0 Å². The lowest BCUT2D eigenvalue weighted by molar-refractivity contribution is -0.118. The molecule has 30 heavy (non-hydrogen) atoms. The standard InChI is InChI=1S/C24H23NO5/c1-16-5-4-6-21(13-16)30-20-10-8-19(9-11-20)25-24(27)15-29-22-12-7-18(17(2)26)14-23(22)28-3/h4-14H,15H2,1-3H3,(H,25,27). The molecule has 1 amide bonds. The Bertz CT molecular complexity index is 1040. The summed E-state index contributed by atoms with van der Waals surface area (Å²) in [7, 11) is 1.48. The summed E-state index contributed by atoms with van der Waals surface area (Å²) >= 11 is 0. The molecule has 0 heterocycles. The molecule has 0 aromatic heterocycles. The van der Waals surface area contributed by atoms with Crippen LogP contribution in [0, 0.1) is 6.92 Å². The number of anilines is 1. The summed E-state index contributed by atoms with van der Waals surface area (Å²) < 4.78 is 16.6. The normalized spacial score (nSPS) is 10.2. The highest BCUT2D eigenvalue weighted by Crippen LogP contribution is 2.28. The van der Waals surface area contributed by atoms with Crippen molar-refractivity contribution in [2.45, 2.75) is 13.8 Å². The van der Waals surface area contributed by atoms with E-state index in [1.54, 1.807) is 42.5 Å². The molecular weight excluding hydrogens is 382 g/mol. The molecule has 154 valence electrons. The highest BCUT2D eigenvalue weighted by atomic mass is 16.5. The summed E-state index contributed by atoms with van der Waals surface area (Å²) in [6, 6.07) is 19.7. The predicted molar refractivity (Wildman–Crippen MR) is 115 cm³/mol. The zero-order valence-electron chi connectivity index (χ0n) is 17.1. The summed E-state index contributed by atoms with van der Waals surface area (Å²) in [5.74, 6) is 1.82. The van der Waals surface area contributed by atoms with Gasteiger partial charge < -0.3 is 19.5 Å². The number of ether oxygens (including phenoxy) is 3. The Kier molecular flexibility index (Phi) is 6.70. The number of nitrogens with one attached hydrogen (secondary N) is 1. The van der Waals surface area contributed by atoms with Crippen LogP contribution >= 0.6 is 0 Å². The fourth-order valence-electron chi connectivity index (χ4n) is 2.77. The molecule has 0 saturated heterocycles. The summed E-state index contributed by atoms with van der Waals surface area (Å²) in [6.07, 6.45) is 0. The van der Waals surface area contributed by atoms with Gasteiger partial charge in [-0.3, -0.25) is 9.59 Å². The summed E-state index contributed by atoms with van der Waals surface area (Å²) in [6.45, 7) is 3.28. The van der Waals surface area contributed by atoms with Gasteiger partial charge in [-0.15, -0.1) is 0 Å². The molecule has 6 nitrogen and oxygen atoms in total. The quantitative estimate of drug-likeness (QED) is 0.533. The summed E-state index contributed by atoms with van der Waals surface area (Å²) in [4.78, 5) is 23.7. The fraction of sp³-hybridized carbons (Fsp3) is 0.167. The second kappa shape index (κ2) is 9.60. The summed E-state index contributed by atoms with van der Waals surface area (Å²) in [5, 5.41) is 2.77. The molecular formula is C24H23NO5. The maximum atomic E-state index is 12.2. The van der Waals surface area contributed by atoms with Crippen molar-refractivity contribution < 1.29 is 23.8 Å². The number of rotatable bonds is 8. The Morgan fingerprint density at radius 2 is 1.67 bits per heavy atom. The average molecular weight is 405 g/mol. The second-order valence-corrected chi connectivity index (χ2v) is 6.70. The van der Waals surface area contributed by atoms with E-state index >= 15 is 0 Å². The van der Waals surface area contributed by atoms with Crippen molar-refractivity contribution in [3.8, 4) is 23.0 Å². The van der Waals surface area contributed by atoms with Crippen molar-refractivity contribution in [1.82, 2.24) is 0 Å². The third-order valence-corrected chi connectivity index (χ3v) is 4.29. The molecule has 3 rings (SSSR count). The van der Waals surface area contributed by atoms with Crippen LogP contribution in [0.1, 0.15) is 22.8 Å². The number of hydrogen-bond acceptors (Lipinski definition) is 5. The molecule has 0 bridgehead atoms. The topological polar surface area (TPSA) is 73.9 Å². The third kappa shape index (κ3) is 5.61. The largest absolute Gasteiger partial charge is 0.493 e. The number of benzene rings is 3. The maximum absolute atomic E-state index is 12.2. The first kappa shape index (κ1) is 20.9. The average Bonchev–Trinajstić information content (AvgIpc) is 2.73. The second-order valence-electron chi connectivity index (χ2n) is 6.70. The van der Waals surface area contributed by atoms with Crippen LogP contribution in [0.2, 0.25) is 0 Å². The third-order valence-electron chi connectivity index (χ3n) is 4.29. The van der Waals surface area contributed by atoms with Gasteiger partial charge in [0.1, 0.15) is 11.5 Å². The van der Waals surface area contributed by atoms with E-state index in [2.05, 4.69) is 5.32 Å². The zero-order valence-corrected chi connectivity index (χ0v) is 17.1. The van der Waals surface area contributed by atoms with Crippen molar-refractivity contribution in [2.24, 2.45) is 0 Å². The molecule has 0 aliphatic heterocycles. The highest BCUT2D eigenvalue weighted by Gasteiger charge is 2.11. The zero-order chi connectivity index (χ0) is 21.5. The minimum Gasteiger partial charge on any atom is -0.493 e. The van der Waals surface area contributed by atoms with Crippen LogP contribution < -0.4 is 19.5 Å². The first-order valence-corrected chi connectivity index (χ1v) is 9.41. The van der Waals surface area contributed by atoms with E-state index in [1.807, 2.05) is 31.2 Å². The van der Waals surface area contributed by atoms with E-state index in [1.165, 1.54) is 14.0 Å². The van der Waals surface area contributed by atoms with E-state index < -0.39 is 0 Å². The molecule has 0 unspecified atom stereocenters. The minimum absolute atomic E-state index is 0.0765. The first-order valence-electron chi connectivity index (χ1n) is 9.41. The maximum Gasteiger partial charge on any atom is 0.262 e. The fourth-order valence-corrected chi connectivity index (χ4v) is 2.77. The van der Waals surface area contributed by atoms with Gasteiger partial charge in [0.05, 0.1) is 7.11 Å². The number of hydrogen-bond donors (Lipinski definition) is 1. The van der Waals surface area contributed by atoms with Gasteiger partial charge in [0.25, 0.3) is 5.91 Å². The number of carbonyl (C=O) groups excluding carboxylic acids is 2. The Morgan fingerprint density at radius 3 is 2.33 bits per heavy atom. The number of Topliss-reactive ketones (excluding diaryl/α,β-unsaturated/α-hetero) is 1.